The van der Waals surface area contributed by atoms with Gasteiger partial charge in [0.25, 0.3) is 5.91 Å². The summed E-state index contributed by atoms with van der Waals surface area (Å²) < 4.78 is 13.8. The lowest BCUT2D eigenvalue weighted by molar-refractivity contribution is -0.119. The van der Waals surface area contributed by atoms with E-state index in [1.54, 1.807) is 0 Å². The third kappa shape index (κ3) is 4.56. The average Bonchev–Trinajstić information content (AvgIpc) is 2.57. The van der Waals surface area contributed by atoms with Crippen LogP contribution in [0.2, 0.25) is 5.02 Å². The molecule has 1 aromatic carbocycles. The van der Waals surface area contributed by atoms with Crippen molar-refractivity contribution in [2.24, 2.45) is 0 Å². The fraction of sp³-hybridized carbons (Fsp3) is 0.353. The Bertz CT molecular complexity index is 725. The van der Waals surface area contributed by atoms with Crippen molar-refractivity contribution in [3.63, 3.8) is 0 Å². The maximum absolute atomic E-state index is 13.8. The zero-order valence-corrected chi connectivity index (χ0v) is 13.8. The van der Waals surface area contributed by atoms with E-state index in [0.717, 1.165) is 18.9 Å². The molecule has 2 amide bonds. The third-order valence-corrected chi connectivity index (χ3v) is 3.95. The highest BCUT2D eigenvalue weighted by molar-refractivity contribution is 6.30. The highest BCUT2D eigenvalue weighted by atomic mass is 35.5. The van der Waals surface area contributed by atoms with E-state index in [-0.39, 0.29) is 29.6 Å². The Morgan fingerprint density at radius 2 is 1.88 bits per heavy atom. The number of nitrogens with zero attached hydrogens (tertiary/aromatic N) is 1. The molecule has 0 radical (unpaired) electrons. The van der Waals surface area contributed by atoms with Crippen molar-refractivity contribution >= 4 is 29.1 Å². The first-order valence-corrected chi connectivity index (χ1v) is 8.04. The molecule has 0 aromatic heterocycles. The van der Waals surface area contributed by atoms with Crippen molar-refractivity contribution in [3.8, 4) is 6.07 Å². The van der Waals surface area contributed by atoms with E-state index < -0.39 is 11.7 Å². The van der Waals surface area contributed by atoms with Crippen molar-refractivity contribution in [3.05, 3.63) is 40.2 Å². The predicted molar refractivity (Wildman–Crippen MR) is 88.8 cm³/mol. The molecule has 1 aliphatic carbocycles. The quantitative estimate of drug-likeness (QED) is 0.800. The van der Waals surface area contributed by atoms with Crippen LogP contribution in [-0.4, -0.2) is 18.4 Å². The van der Waals surface area contributed by atoms with Crippen LogP contribution in [-0.2, 0) is 9.59 Å². The van der Waals surface area contributed by atoms with Gasteiger partial charge in [-0.1, -0.05) is 11.6 Å². The SMILES string of the molecule is N#CCCNC(=O)C1=C(C(=O)Nc2ccc(Cl)cc2F)CCCC1. The highest BCUT2D eigenvalue weighted by Crippen LogP contribution is 2.27. The van der Waals surface area contributed by atoms with Crippen LogP contribution in [0.3, 0.4) is 0 Å². The lowest BCUT2D eigenvalue weighted by Crippen LogP contribution is -2.30. The molecule has 1 aromatic rings. The first kappa shape index (κ1) is 18.0. The first-order valence-electron chi connectivity index (χ1n) is 7.66. The van der Waals surface area contributed by atoms with Crippen LogP contribution in [0.15, 0.2) is 29.3 Å². The van der Waals surface area contributed by atoms with Crippen LogP contribution in [0, 0.1) is 17.1 Å². The zero-order chi connectivity index (χ0) is 17.5. The largest absolute Gasteiger partial charge is 0.351 e. The van der Waals surface area contributed by atoms with Crippen LogP contribution in [0.4, 0.5) is 10.1 Å². The molecule has 0 bridgehead atoms. The molecule has 0 aliphatic heterocycles. The van der Waals surface area contributed by atoms with Gasteiger partial charge in [-0.05, 0) is 43.9 Å². The van der Waals surface area contributed by atoms with Crippen LogP contribution < -0.4 is 10.6 Å². The number of nitrogens with one attached hydrogen (secondary N) is 2. The molecule has 0 saturated heterocycles. The topological polar surface area (TPSA) is 82.0 Å². The van der Waals surface area contributed by atoms with E-state index in [2.05, 4.69) is 10.6 Å². The van der Waals surface area contributed by atoms with Gasteiger partial charge in [0.05, 0.1) is 18.2 Å². The summed E-state index contributed by atoms with van der Waals surface area (Å²) in [7, 11) is 0. The second-order valence-corrected chi connectivity index (χ2v) is 5.84. The number of benzene rings is 1. The molecule has 7 heteroatoms. The van der Waals surface area contributed by atoms with Gasteiger partial charge in [0, 0.05) is 22.7 Å². The summed E-state index contributed by atoms with van der Waals surface area (Å²) in [6, 6.07) is 5.91. The fourth-order valence-electron chi connectivity index (χ4n) is 2.53. The summed E-state index contributed by atoms with van der Waals surface area (Å²) in [5, 5.41) is 13.9. The van der Waals surface area contributed by atoms with Gasteiger partial charge in [0.15, 0.2) is 0 Å². The van der Waals surface area contributed by atoms with Crippen LogP contribution in [0.1, 0.15) is 32.1 Å². The Morgan fingerprint density at radius 1 is 1.21 bits per heavy atom. The number of rotatable bonds is 5. The maximum Gasteiger partial charge on any atom is 0.252 e. The second kappa shape index (κ2) is 8.46. The van der Waals surface area contributed by atoms with Crippen molar-refractivity contribution in [1.82, 2.24) is 5.32 Å². The summed E-state index contributed by atoms with van der Waals surface area (Å²) in [6.45, 7) is 0.236. The number of halogens is 2. The molecule has 0 spiro atoms. The lowest BCUT2D eigenvalue weighted by Gasteiger charge is -2.19. The third-order valence-electron chi connectivity index (χ3n) is 3.72. The number of carbonyl (C=O) groups excluding carboxylic acids is 2. The van der Waals surface area contributed by atoms with E-state index in [9.17, 15) is 14.0 Å². The molecule has 2 N–H and O–H groups in total. The molecule has 24 heavy (non-hydrogen) atoms. The Balaban J connectivity index is 2.17. The molecule has 0 fully saturated rings. The summed E-state index contributed by atoms with van der Waals surface area (Å²) in [4.78, 5) is 24.7. The van der Waals surface area contributed by atoms with Gasteiger partial charge in [0.1, 0.15) is 5.82 Å². The lowest BCUT2D eigenvalue weighted by atomic mass is 9.90. The number of anilines is 1. The monoisotopic (exact) mass is 349 g/mol. The standard InChI is InChI=1S/C17H17ClFN3O2/c18-11-6-7-15(14(19)10-11)22-17(24)13-5-2-1-4-12(13)16(23)21-9-3-8-20/h6-7,10H,1-5,9H2,(H,21,23)(H,22,24). The minimum atomic E-state index is -0.632. The van der Waals surface area contributed by atoms with E-state index in [1.807, 2.05) is 6.07 Å². The average molecular weight is 350 g/mol. The Kier molecular flexibility index (Phi) is 6.33. The predicted octanol–water partition coefficient (Wildman–Crippen LogP) is 3.32. The zero-order valence-electron chi connectivity index (χ0n) is 13.0. The molecule has 0 atom stereocenters. The van der Waals surface area contributed by atoms with E-state index in [4.69, 9.17) is 16.9 Å². The number of hydrogen-bond donors (Lipinski definition) is 2. The van der Waals surface area contributed by atoms with Gasteiger partial charge < -0.3 is 10.6 Å². The normalized spacial score (nSPS) is 14.0. The van der Waals surface area contributed by atoms with Crippen molar-refractivity contribution in [2.75, 3.05) is 11.9 Å². The van der Waals surface area contributed by atoms with Crippen LogP contribution in [0.25, 0.3) is 0 Å². The highest BCUT2D eigenvalue weighted by Gasteiger charge is 2.24. The van der Waals surface area contributed by atoms with Crippen molar-refractivity contribution in [2.45, 2.75) is 32.1 Å². The molecule has 5 nitrogen and oxygen atoms in total. The first-order chi connectivity index (χ1) is 11.5. The molecule has 0 unspecified atom stereocenters. The van der Waals surface area contributed by atoms with Gasteiger partial charge in [-0.15, -0.1) is 0 Å². The molecule has 0 saturated carbocycles. The molecular weight excluding hydrogens is 333 g/mol. The molecule has 0 heterocycles. The van der Waals surface area contributed by atoms with Gasteiger partial charge in [0.2, 0.25) is 5.91 Å². The van der Waals surface area contributed by atoms with E-state index >= 15 is 0 Å². The van der Waals surface area contributed by atoms with Crippen molar-refractivity contribution in [1.29, 1.82) is 5.26 Å². The molecular formula is C17H17ClFN3O2. The minimum absolute atomic E-state index is 0.0201. The summed E-state index contributed by atoms with van der Waals surface area (Å²) in [5.74, 6) is -1.46. The summed E-state index contributed by atoms with van der Waals surface area (Å²) in [5.41, 5.74) is 0.794. The van der Waals surface area contributed by atoms with Crippen LogP contribution in [0.5, 0.6) is 0 Å². The Labute approximate surface area is 144 Å². The molecule has 1 aliphatic rings. The number of hydrogen-bond acceptors (Lipinski definition) is 3. The minimum Gasteiger partial charge on any atom is -0.351 e. The van der Waals surface area contributed by atoms with E-state index in [1.165, 1.54) is 12.1 Å². The smallest absolute Gasteiger partial charge is 0.252 e. The van der Waals surface area contributed by atoms with Crippen molar-refractivity contribution < 1.29 is 14.0 Å². The van der Waals surface area contributed by atoms with Gasteiger partial charge in [-0.2, -0.15) is 5.26 Å². The summed E-state index contributed by atoms with van der Waals surface area (Å²) >= 11 is 5.69. The molecule has 2 rings (SSSR count). The maximum atomic E-state index is 13.8. The number of nitriles is 1. The fourth-order valence-corrected chi connectivity index (χ4v) is 2.69. The number of carbonyl (C=O) groups is 2. The Morgan fingerprint density at radius 3 is 2.50 bits per heavy atom. The van der Waals surface area contributed by atoms with Gasteiger partial charge >= 0.3 is 0 Å². The number of amides is 2. The van der Waals surface area contributed by atoms with E-state index in [0.29, 0.717) is 24.0 Å². The second-order valence-electron chi connectivity index (χ2n) is 5.41. The van der Waals surface area contributed by atoms with Gasteiger partial charge in [-0.25, -0.2) is 4.39 Å². The molecule has 126 valence electrons. The van der Waals surface area contributed by atoms with Gasteiger partial charge in [-0.3, -0.25) is 9.59 Å². The Hall–Kier alpha value is -2.39. The van der Waals surface area contributed by atoms with Crippen LogP contribution >= 0.6 is 11.6 Å². The summed E-state index contributed by atoms with van der Waals surface area (Å²) in [6.07, 6.45) is 2.76.